The standard InChI is InChI=1S/C19H20N4O2S2.C2H6/c24-19(20-13-14-12-16(22-21-14)18-6-3-9-26-18)15-4-1-2-5-17(15)23-7-10-27(25)11-8-23;1-2/h1-6,9,12H,7-8,10-11,13H2,(H,20,24)(H,21,22);1-2H3. The molecular formula is C21H26N4O2S2. The summed E-state index contributed by atoms with van der Waals surface area (Å²) in [7, 11) is -0.743. The van der Waals surface area contributed by atoms with Crippen LogP contribution in [0.5, 0.6) is 0 Å². The van der Waals surface area contributed by atoms with Crippen LogP contribution in [-0.2, 0) is 17.3 Å². The predicted molar refractivity (Wildman–Crippen MR) is 121 cm³/mol. The van der Waals surface area contributed by atoms with Crippen molar-refractivity contribution in [2.75, 3.05) is 29.5 Å². The summed E-state index contributed by atoms with van der Waals surface area (Å²) in [5.74, 6) is 1.18. The van der Waals surface area contributed by atoms with Crippen molar-refractivity contribution in [2.24, 2.45) is 0 Å². The fourth-order valence-corrected chi connectivity index (χ4v) is 4.83. The van der Waals surface area contributed by atoms with Gasteiger partial charge in [-0.1, -0.05) is 32.0 Å². The van der Waals surface area contributed by atoms with Gasteiger partial charge < -0.3 is 10.2 Å². The van der Waals surface area contributed by atoms with Gasteiger partial charge in [-0.15, -0.1) is 11.3 Å². The molecule has 0 bridgehead atoms. The Balaban J connectivity index is 0.00000117. The smallest absolute Gasteiger partial charge is 0.253 e. The van der Waals surface area contributed by atoms with E-state index in [-0.39, 0.29) is 5.91 Å². The molecule has 3 heterocycles. The fourth-order valence-electron chi connectivity index (χ4n) is 3.09. The van der Waals surface area contributed by atoms with Gasteiger partial charge in [-0.3, -0.25) is 14.1 Å². The minimum Gasteiger partial charge on any atom is -0.369 e. The molecule has 8 heteroatoms. The molecule has 4 rings (SSSR count). The van der Waals surface area contributed by atoms with Gasteiger partial charge in [0.15, 0.2) is 0 Å². The second-order valence-electron chi connectivity index (χ2n) is 6.29. The summed E-state index contributed by atoms with van der Waals surface area (Å²) in [6.45, 7) is 5.80. The molecule has 1 amide bonds. The molecule has 0 spiro atoms. The topological polar surface area (TPSA) is 78.1 Å². The van der Waals surface area contributed by atoms with Gasteiger partial charge >= 0.3 is 0 Å². The number of aromatic nitrogens is 2. The number of anilines is 1. The fraction of sp³-hybridized carbons (Fsp3) is 0.333. The largest absolute Gasteiger partial charge is 0.369 e. The van der Waals surface area contributed by atoms with Gasteiger partial charge in [0, 0.05) is 41.1 Å². The number of hydrogen-bond acceptors (Lipinski definition) is 5. The SMILES string of the molecule is CC.O=C(NCc1cc(-c2cccs2)n[nH]1)c1ccccc1N1CCS(=O)CC1. The number of aromatic amines is 1. The molecule has 1 aliphatic heterocycles. The Bertz CT molecular complexity index is 943. The zero-order valence-electron chi connectivity index (χ0n) is 16.7. The quantitative estimate of drug-likeness (QED) is 0.647. The maximum absolute atomic E-state index is 12.8. The minimum absolute atomic E-state index is 0.121. The Hall–Kier alpha value is -2.45. The molecule has 6 nitrogen and oxygen atoms in total. The lowest BCUT2D eigenvalue weighted by Crippen LogP contribution is -2.39. The average Bonchev–Trinajstić information content (AvgIpc) is 3.46. The molecule has 0 unspecified atom stereocenters. The number of carbonyl (C=O) groups excluding carboxylic acids is 1. The van der Waals surface area contributed by atoms with Crippen LogP contribution in [0, 0.1) is 0 Å². The summed E-state index contributed by atoms with van der Waals surface area (Å²) in [6, 6.07) is 13.5. The molecule has 2 N–H and O–H groups in total. The number of thiophene rings is 1. The maximum Gasteiger partial charge on any atom is 0.253 e. The molecule has 1 aliphatic rings. The van der Waals surface area contributed by atoms with Crippen molar-refractivity contribution in [3.63, 3.8) is 0 Å². The van der Waals surface area contributed by atoms with Crippen LogP contribution in [0.1, 0.15) is 29.9 Å². The number of carbonyl (C=O) groups is 1. The summed E-state index contributed by atoms with van der Waals surface area (Å²) in [5, 5.41) is 12.3. The molecule has 154 valence electrons. The van der Waals surface area contributed by atoms with Gasteiger partial charge in [-0.2, -0.15) is 5.10 Å². The zero-order valence-corrected chi connectivity index (χ0v) is 18.3. The predicted octanol–water partition coefficient (Wildman–Crippen LogP) is 3.66. The first-order chi connectivity index (χ1) is 14.2. The first-order valence-electron chi connectivity index (χ1n) is 9.76. The van der Waals surface area contributed by atoms with Crippen molar-refractivity contribution in [3.8, 4) is 10.6 Å². The highest BCUT2D eigenvalue weighted by molar-refractivity contribution is 7.85. The maximum atomic E-state index is 12.8. The number of H-pyrrole nitrogens is 1. The molecular weight excluding hydrogens is 404 g/mol. The van der Waals surface area contributed by atoms with Crippen LogP contribution in [0.4, 0.5) is 5.69 Å². The number of rotatable bonds is 5. The van der Waals surface area contributed by atoms with E-state index >= 15 is 0 Å². The Morgan fingerprint density at radius 3 is 2.69 bits per heavy atom. The second-order valence-corrected chi connectivity index (χ2v) is 8.93. The highest BCUT2D eigenvalue weighted by Crippen LogP contribution is 2.24. The molecule has 0 aliphatic carbocycles. The van der Waals surface area contributed by atoms with Crippen molar-refractivity contribution in [2.45, 2.75) is 20.4 Å². The van der Waals surface area contributed by atoms with Crippen molar-refractivity contribution in [1.82, 2.24) is 15.5 Å². The van der Waals surface area contributed by atoms with Crippen LogP contribution in [-0.4, -0.2) is 44.9 Å². The van der Waals surface area contributed by atoms with Gasteiger partial charge in [0.05, 0.1) is 22.7 Å². The van der Waals surface area contributed by atoms with Crippen LogP contribution in [0.25, 0.3) is 10.6 Å². The Morgan fingerprint density at radius 1 is 1.21 bits per heavy atom. The number of nitrogens with zero attached hydrogens (tertiary/aromatic N) is 2. The Morgan fingerprint density at radius 2 is 1.97 bits per heavy atom. The van der Waals surface area contributed by atoms with E-state index in [9.17, 15) is 9.00 Å². The van der Waals surface area contributed by atoms with Crippen LogP contribution < -0.4 is 10.2 Å². The van der Waals surface area contributed by atoms with E-state index in [0.717, 1.165) is 22.0 Å². The normalized spacial score (nSPS) is 14.2. The first-order valence-corrected chi connectivity index (χ1v) is 12.1. The average molecular weight is 431 g/mol. The van der Waals surface area contributed by atoms with Gasteiger partial charge in [-0.25, -0.2) is 0 Å². The van der Waals surface area contributed by atoms with E-state index in [1.165, 1.54) is 0 Å². The van der Waals surface area contributed by atoms with Gasteiger partial charge in [0.1, 0.15) is 5.69 Å². The number of benzene rings is 1. The molecule has 1 aromatic carbocycles. The summed E-state index contributed by atoms with van der Waals surface area (Å²) in [5.41, 5.74) is 3.28. The van der Waals surface area contributed by atoms with Gasteiger partial charge in [0.2, 0.25) is 0 Å². The van der Waals surface area contributed by atoms with Crippen molar-refractivity contribution >= 4 is 33.7 Å². The van der Waals surface area contributed by atoms with Crippen LogP contribution >= 0.6 is 11.3 Å². The number of para-hydroxylation sites is 1. The summed E-state index contributed by atoms with van der Waals surface area (Å²) in [4.78, 5) is 16.0. The number of nitrogens with one attached hydrogen (secondary N) is 2. The minimum atomic E-state index is -0.743. The first kappa shape index (κ1) is 21.3. The van der Waals surface area contributed by atoms with E-state index in [2.05, 4.69) is 20.4 Å². The Labute approximate surface area is 177 Å². The summed E-state index contributed by atoms with van der Waals surface area (Å²) >= 11 is 1.63. The molecule has 1 fully saturated rings. The molecule has 0 atom stereocenters. The Kier molecular flexibility index (Phi) is 7.60. The van der Waals surface area contributed by atoms with Crippen molar-refractivity contribution < 1.29 is 9.00 Å². The third-order valence-corrected chi connectivity index (χ3v) is 6.68. The summed E-state index contributed by atoms with van der Waals surface area (Å²) in [6.07, 6.45) is 0. The number of hydrogen-bond donors (Lipinski definition) is 2. The third kappa shape index (κ3) is 5.33. The van der Waals surface area contributed by atoms with E-state index in [1.807, 2.05) is 61.7 Å². The van der Waals surface area contributed by atoms with E-state index in [4.69, 9.17) is 0 Å². The summed E-state index contributed by atoms with van der Waals surface area (Å²) < 4.78 is 11.6. The molecule has 0 radical (unpaired) electrons. The van der Waals surface area contributed by atoms with Crippen LogP contribution in [0.15, 0.2) is 47.8 Å². The highest BCUT2D eigenvalue weighted by atomic mass is 32.2. The van der Waals surface area contributed by atoms with Crippen LogP contribution in [0.3, 0.4) is 0 Å². The lowest BCUT2D eigenvalue weighted by atomic mass is 10.1. The van der Waals surface area contributed by atoms with Crippen molar-refractivity contribution in [3.05, 3.63) is 59.1 Å². The van der Waals surface area contributed by atoms with E-state index in [1.54, 1.807) is 11.3 Å². The molecule has 1 saturated heterocycles. The highest BCUT2D eigenvalue weighted by Gasteiger charge is 2.20. The van der Waals surface area contributed by atoms with Gasteiger partial charge in [0.25, 0.3) is 5.91 Å². The van der Waals surface area contributed by atoms with E-state index in [0.29, 0.717) is 36.7 Å². The lowest BCUT2D eigenvalue weighted by Gasteiger charge is -2.29. The van der Waals surface area contributed by atoms with Crippen LogP contribution in [0.2, 0.25) is 0 Å². The van der Waals surface area contributed by atoms with Crippen molar-refractivity contribution in [1.29, 1.82) is 0 Å². The molecule has 2 aromatic heterocycles. The van der Waals surface area contributed by atoms with E-state index < -0.39 is 10.8 Å². The lowest BCUT2D eigenvalue weighted by molar-refractivity contribution is 0.0951. The molecule has 29 heavy (non-hydrogen) atoms. The second kappa shape index (κ2) is 10.4. The third-order valence-electron chi connectivity index (χ3n) is 4.51. The number of amides is 1. The zero-order chi connectivity index (χ0) is 20.6. The van der Waals surface area contributed by atoms with Gasteiger partial charge in [-0.05, 0) is 29.6 Å². The monoisotopic (exact) mass is 430 g/mol. The molecule has 0 saturated carbocycles. The molecule has 3 aromatic rings.